The molecule has 5 rings (SSSR count). The van der Waals surface area contributed by atoms with E-state index in [9.17, 15) is 9.59 Å². The number of aromatic nitrogens is 1. The zero-order valence-electron chi connectivity index (χ0n) is 21.5. The second-order valence-electron chi connectivity index (χ2n) is 8.96. The molecule has 1 atom stereocenters. The number of ether oxygens (including phenoxy) is 2. The molecular formula is C30H23Br3N2O4S. The predicted octanol–water partition coefficient (Wildman–Crippen LogP) is 6.66. The first-order valence-electron chi connectivity index (χ1n) is 12.4. The van der Waals surface area contributed by atoms with Crippen LogP contribution in [-0.4, -0.2) is 17.1 Å². The molecule has 1 aromatic heterocycles. The maximum atomic E-state index is 13.8. The fourth-order valence-electron chi connectivity index (χ4n) is 4.37. The number of fused-ring (bicyclic) bond motifs is 1. The van der Waals surface area contributed by atoms with Gasteiger partial charge in [-0.2, -0.15) is 0 Å². The van der Waals surface area contributed by atoms with Crippen molar-refractivity contribution in [2.24, 2.45) is 4.99 Å². The lowest BCUT2D eigenvalue weighted by atomic mass is 9.96. The Morgan fingerprint density at radius 1 is 1.02 bits per heavy atom. The Labute approximate surface area is 260 Å². The summed E-state index contributed by atoms with van der Waals surface area (Å²) in [5, 5.41) is 0. The second kappa shape index (κ2) is 12.4. The van der Waals surface area contributed by atoms with E-state index in [1.807, 2.05) is 72.8 Å². The summed E-state index contributed by atoms with van der Waals surface area (Å²) in [6, 6.07) is 20.6. The molecule has 3 aromatic carbocycles. The third kappa shape index (κ3) is 6.10. The Balaban J connectivity index is 1.51. The average Bonchev–Trinajstić information content (AvgIpc) is 3.23. The summed E-state index contributed by atoms with van der Waals surface area (Å²) in [7, 11) is 0. The number of esters is 1. The molecule has 0 radical (unpaired) electrons. The van der Waals surface area contributed by atoms with Crippen molar-refractivity contribution in [3.8, 4) is 5.75 Å². The maximum absolute atomic E-state index is 13.8. The van der Waals surface area contributed by atoms with Crippen LogP contribution in [0.2, 0.25) is 0 Å². The molecule has 0 saturated carbocycles. The van der Waals surface area contributed by atoms with Gasteiger partial charge in [-0.1, -0.05) is 73.5 Å². The van der Waals surface area contributed by atoms with Crippen LogP contribution >= 0.6 is 59.1 Å². The number of nitrogens with zero attached hydrogens (tertiary/aromatic N) is 2. The van der Waals surface area contributed by atoms with Gasteiger partial charge in [0, 0.05) is 8.95 Å². The number of allylic oxidation sites excluding steroid dienone is 1. The molecule has 1 aliphatic heterocycles. The molecule has 0 saturated heterocycles. The minimum Gasteiger partial charge on any atom is -0.488 e. The zero-order valence-corrected chi connectivity index (χ0v) is 27.1. The Morgan fingerprint density at radius 3 is 2.35 bits per heavy atom. The highest BCUT2D eigenvalue weighted by molar-refractivity contribution is 9.11. The quantitative estimate of drug-likeness (QED) is 0.199. The first-order chi connectivity index (χ1) is 19.2. The summed E-state index contributed by atoms with van der Waals surface area (Å²) >= 11 is 11.8. The predicted molar refractivity (Wildman–Crippen MR) is 167 cm³/mol. The van der Waals surface area contributed by atoms with E-state index in [0.717, 1.165) is 30.1 Å². The third-order valence-electron chi connectivity index (χ3n) is 6.26. The number of hydrogen-bond acceptors (Lipinski definition) is 6. The molecule has 2 heterocycles. The van der Waals surface area contributed by atoms with E-state index in [-0.39, 0.29) is 12.2 Å². The molecule has 4 aromatic rings. The van der Waals surface area contributed by atoms with Gasteiger partial charge < -0.3 is 9.47 Å². The fraction of sp³-hybridized carbons (Fsp3) is 0.167. The van der Waals surface area contributed by atoms with Crippen LogP contribution in [-0.2, 0) is 16.1 Å². The van der Waals surface area contributed by atoms with E-state index >= 15 is 0 Å². The largest absolute Gasteiger partial charge is 0.488 e. The van der Waals surface area contributed by atoms with Gasteiger partial charge in [-0.05, 0) is 88.9 Å². The normalized spacial score (nSPS) is 15.0. The van der Waals surface area contributed by atoms with Crippen molar-refractivity contribution in [2.75, 3.05) is 6.61 Å². The molecule has 0 fully saturated rings. The van der Waals surface area contributed by atoms with Crippen molar-refractivity contribution in [1.29, 1.82) is 0 Å². The highest BCUT2D eigenvalue weighted by Crippen LogP contribution is 2.31. The molecule has 6 nitrogen and oxygen atoms in total. The minimum absolute atomic E-state index is 0.224. The first-order valence-corrected chi connectivity index (χ1v) is 15.6. The number of thiazole rings is 1. The van der Waals surface area contributed by atoms with Crippen LogP contribution in [0.25, 0.3) is 6.08 Å². The van der Waals surface area contributed by atoms with Gasteiger partial charge >= 0.3 is 5.97 Å². The van der Waals surface area contributed by atoms with E-state index in [2.05, 4.69) is 52.8 Å². The lowest BCUT2D eigenvalue weighted by molar-refractivity contribution is -0.139. The molecule has 10 heteroatoms. The van der Waals surface area contributed by atoms with Crippen LogP contribution in [0.1, 0.15) is 36.6 Å². The van der Waals surface area contributed by atoms with Gasteiger partial charge in [0.25, 0.3) is 5.56 Å². The zero-order chi connectivity index (χ0) is 28.4. The highest BCUT2D eigenvalue weighted by Gasteiger charge is 2.33. The number of carbonyl (C=O) groups is 1. The van der Waals surface area contributed by atoms with Gasteiger partial charge in [0.05, 0.1) is 32.9 Å². The Kier molecular flexibility index (Phi) is 8.89. The van der Waals surface area contributed by atoms with Crippen LogP contribution in [0.3, 0.4) is 0 Å². The number of benzene rings is 3. The Bertz CT molecular complexity index is 1790. The standard InChI is InChI=1S/C30H23Br3N2O4S/c1-3-38-29(37)26-17(2)34-30-35(27(26)20-7-11-22(32)12-8-20)28(36)25(40-30)15-19-6-13-24(23(33)14-19)39-16-18-4-9-21(31)10-5-18/h4-15,27H,3,16H2,1-2H3/b25-15-/t27-/m0/s1. The number of halogens is 3. The van der Waals surface area contributed by atoms with Gasteiger partial charge in [0.15, 0.2) is 4.80 Å². The van der Waals surface area contributed by atoms with Crippen molar-refractivity contribution >= 4 is 71.2 Å². The molecule has 204 valence electrons. The van der Waals surface area contributed by atoms with Crippen LogP contribution in [0.15, 0.2) is 101 Å². The summed E-state index contributed by atoms with van der Waals surface area (Å²) < 4.78 is 16.1. The summed E-state index contributed by atoms with van der Waals surface area (Å²) in [6.07, 6.45) is 1.83. The van der Waals surface area contributed by atoms with Crippen molar-refractivity contribution in [2.45, 2.75) is 26.5 Å². The van der Waals surface area contributed by atoms with Gasteiger partial charge in [-0.25, -0.2) is 9.79 Å². The van der Waals surface area contributed by atoms with Crippen molar-refractivity contribution in [1.82, 2.24) is 4.57 Å². The fourth-order valence-corrected chi connectivity index (χ4v) is 6.46. The van der Waals surface area contributed by atoms with E-state index in [0.29, 0.717) is 33.0 Å². The summed E-state index contributed by atoms with van der Waals surface area (Å²) in [5.74, 6) is 0.222. The summed E-state index contributed by atoms with van der Waals surface area (Å²) in [5.41, 5.74) is 3.35. The highest BCUT2D eigenvalue weighted by atomic mass is 79.9. The van der Waals surface area contributed by atoms with E-state index < -0.39 is 12.0 Å². The summed E-state index contributed by atoms with van der Waals surface area (Å²) in [4.78, 5) is 32.0. The van der Waals surface area contributed by atoms with Gasteiger partial charge in [0.1, 0.15) is 12.4 Å². The smallest absolute Gasteiger partial charge is 0.338 e. The van der Waals surface area contributed by atoms with Crippen molar-refractivity contribution in [3.63, 3.8) is 0 Å². The summed E-state index contributed by atoms with van der Waals surface area (Å²) in [6.45, 7) is 4.19. The number of carbonyl (C=O) groups excluding carboxylic acids is 1. The third-order valence-corrected chi connectivity index (χ3v) is 8.92. The van der Waals surface area contributed by atoms with Gasteiger partial charge in [-0.15, -0.1) is 0 Å². The Hall–Kier alpha value is -2.79. The lowest BCUT2D eigenvalue weighted by Gasteiger charge is -2.24. The van der Waals surface area contributed by atoms with E-state index in [1.165, 1.54) is 11.3 Å². The molecular weight excluding hydrogens is 724 g/mol. The molecule has 0 bridgehead atoms. The van der Waals surface area contributed by atoms with Gasteiger partial charge in [-0.3, -0.25) is 9.36 Å². The molecule has 0 unspecified atom stereocenters. The minimum atomic E-state index is -0.647. The first kappa shape index (κ1) is 28.7. The average molecular weight is 747 g/mol. The van der Waals surface area contributed by atoms with Gasteiger partial charge in [0.2, 0.25) is 0 Å². The van der Waals surface area contributed by atoms with Crippen LogP contribution in [0.5, 0.6) is 5.75 Å². The van der Waals surface area contributed by atoms with Crippen molar-refractivity contribution < 1.29 is 14.3 Å². The topological polar surface area (TPSA) is 69.9 Å². The van der Waals surface area contributed by atoms with E-state index in [1.54, 1.807) is 18.4 Å². The molecule has 0 spiro atoms. The van der Waals surface area contributed by atoms with Crippen LogP contribution in [0, 0.1) is 0 Å². The molecule has 0 N–H and O–H groups in total. The SMILES string of the molecule is CCOC(=O)C1=C(C)N=c2s/c(=C\c3ccc(OCc4ccc(Br)cc4)c(Br)c3)c(=O)n2[C@H]1c1ccc(Br)cc1. The van der Waals surface area contributed by atoms with E-state index in [4.69, 9.17) is 9.47 Å². The number of rotatable bonds is 7. The Morgan fingerprint density at radius 2 is 1.70 bits per heavy atom. The lowest BCUT2D eigenvalue weighted by Crippen LogP contribution is -2.39. The molecule has 0 amide bonds. The maximum Gasteiger partial charge on any atom is 0.338 e. The van der Waals surface area contributed by atoms with Crippen molar-refractivity contribution in [3.05, 3.63) is 128 Å². The molecule has 0 aliphatic carbocycles. The molecule has 1 aliphatic rings. The monoisotopic (exact) mass is 744 g/mol. The second-order valence-corrected chi connectivity index (χ2v) is 12.7. The molecule has 40 heavy (non-hydrogen) atoms. The van der Waals surface area contributed by atoms with Crippen LogP contribution < -0.4 is 19.6 Å². The number of hydrogen-bond donors (Lipinski definition) is 0. The van der Waals surface area contributed by atoms with Crippen LogP contribution in [0.4, 0.5) is 0 Å².